The van der Waals surface area contributed by atoms with Crippen LogP contribution in [0.1, 0.15) is 48.6 Å². The van der Waals surface area contributed by atoms with Gasteiger partial charge in [-0.1, -0.05) is 45.0 Å². The second kappa shape index (κ2) is 9.44. The van der Waals surface area contributed by atoms with Crippen LogP contribution in [0.4, 0.5) is 26.3 Å². The number of nitrogens with one attached hydrogen (secondary N) is 1. The molecular formula is C23H23F6NO3. The highest BCUT2D eigenvalue weighted by atomic mass is 19.4. The number of alkyl halides is 6. The van der Waals surface area contributed by atoms with Crippen molar-refractivity contribution in [1.82, 2.24) is 5.32 Å². The number of carbonyl (C=O) groups excluding carboxylic acids is 1. The minimum atomic E-state index is -5.05. The molecule has 2 N–H and O–H groups in total. The van der Waals surface area contributed by atoms with Crippen LogP contribution in [0.15, 0.2) is 42.5 Å². The molecule has 0 aliphatic rings. The third-order valence-corrected chi connectivity index (χ3v) is 4.91. The van der Waals surface area contributed by atoms with Crippen molar-refractivity contribution in [3.05, 3.63) is 70.3 Å². The molecule has 4 nitrogen and oxygen atoms in total. The van der Waals surface area contributed by atoms with Crippen LogP contribution in [0.25, 0.3) is 0 Å². The molecule has 0 saturated heterocycles. The fourth-order valence-corrected chi connectivity index (χ4v) is 3.13. The number of amides is 1. The Hall–Kier alpha value is -3.04. The Bertz CT molecular complexity index is 973. The molecule has 0 unspecified atom stereocenters. The van der Waals surface area contributed by atoms with Crippen molar-refractivity contribution in [2.75, 3.05) is 0 Å². The van der Waals surface area contributed by atoms with E-state index in [-0.39, 0.29) is 17.9 Å². The zero-order chi connectivity index (χ0) is 25.2. The Labute approximate surface area is 186 Å². The van der Waals surface area contributed by atoms with Gasteiger partial charge in [-0.15, -0.1) is 0 Å². The average Bonchev–Trinajstić information content (AvgIpc) is 2.65. The van der Waals surface area contributed by atoms with Crippen LogP contribution >= 0.6 is 0 Å². The first-order valence-corrected chi connectivity index (χ1v) is 9.87. The van der Waals surface area contributed by atoms with Gasteiger partial charge in [0.25, 0.3) is 0 Å². The van der Waals surface area contributed by atoms with E-state index in [0.717, 1.165) is 5.56 Å². The predicted octanol–water partition coefficient (Wildman–Crippen LogP) is 5.38. The Morgan fingerprint density at radius 2 is 1.30 bits per heavy atom. The summed E-state index contributed by atoms with van der Waals surface area (Å²) in [6.07, 6.45) is -11.0. The largest absolute Gasteiger partial charge is 0.480 e. The van der Waals surface area contributed by atoms with E-state index in [2.05, 4.69) is 5.32 Å². The lowest BCUT2D eigenvalue weighted by molar-refractivity contribution is -0.143. The normalized spacial score (nSPS) is 13.5. The van der Waals surface area contributed by atoms with Gasteiger partial charge >= 0.3 is 18.3 Å². The number of carbonyl (C=O) groups is 2. The number of rotatable bonds is 6. The van der Waals surface area contributed by atoms with Gasteiger partial charge in [-0.2, -0.15) is 26.3 Å². The van der Waals surface area contributed by atoms with Gasteiger partial charge < -0.3 is 10.4 Å². The minimum Gasteiger partial charge on any atom is -0.480 e. The number of carboxylic acid groups (broad SMARTS) is 1. The smallest absolute Gasteiger partial charge is 0.416 e. The van der Waals surface area contributed by atoms with Crippen molar-refractivity contribution in [2.45, 2.75) is 57.4 Å². The third kappa shape index (κ3) is 7.50. The molecule has 0 spiro atoms. The lowest BCUT2D eigenvalue weighted by Gasteiger charge is -2.20. The summed E-state index contributed by atoms with van der Waals surface area (Å²) in [5.41, 5.74) is -2.16. The second-order valence-corrected chi connectivity index (χ2v) is 8.70. The van der Waals surface area contributed by atoms with Gasteiger partial charge in [0, 0.05) is 6.42 Å². The molecule has 0 aromatic heterocycles. The number of halogens is 6. The van der Waals surface area contributed by atoms with E-state index in [9.17, 15) is 41.0 Å². The van der Waals surface area contributed by atoms with Crippen molar-refractivity contribution in [3.8, 4) is 0 Å². The molecule has 1 atom stereocenters. The van der Waals surface area contributed by atoms with E-state index in [0.29, 0.717) is 17.7 Å². The Morgan fingerprint density at radius 3 is 1.70 bits per heavy atom. The molecule has 2 aromatic rings. The highest BCUT2D eigenvalue weighted by Crippen LogP contribution is 2.36. The summed E-state index contributed by atoms with van der Waals surface area (Å²) in [5.74, 6) is -2.40. The van der Waals surface area contributed by atoms with Crippen molar-refractivity contribution in [3.63, 3.8) is 0 Å². The topological polar surface area (TPSA) is 66.4 Å². The maximum Gasteiger partial charge on any atom is 0.416 e. The van der Waals surface area contributed by atoms with Crippen LogP contribution in [0.3, 0.4) is 0 Å². The van der Waals surface area contributed by atoms with Crippen LogP contribution in [0, 0.1) is 0 Å². The summed E-state index contributed by atoms with van der Waals surface area (Å²) in [5, 5.41) is 11.6. The molecule has 0 bridgehead atoms. The molecule has 0 aliphatic carbocycles. The molecule has 1 amide bonds. The van der Waals surface area contributed by atoms with Crippen LogP contribution in [0.5, 0.6) is 0 Å². The second-order valence-electron chi connectivity index (χ2n) is 8.70. The highest BCUT2D eigenvalue weighted by molar-refractivity contribution is 5.85. The lowest BCUT2D eigenvalue weighted by Crippen LogP contribution is -2.43. The quantitative estimate of drug-likeness (QED) is 0.552. The summed E-state index contributed by atoms with van der Waals surface area (Å²) in [4.78, 5) is 23.9. The molecule has 180 valence electrons. The first-order valence-electron chi connectivity index (χ1n) is 9.87. The van der Waals surface area contributed by atoms with E-state index in [1.165, 1.54) is 0 Å². The fraction of sp³-hybridized carbons (Fsp3) is 0.391. The Balaban J connectivity index is 2.19. The summed E-state index contributed by atoms with van der Waals surface area (Å²) in [6, 6.07) is 6.46. The first kappa shape index (κ1) is 26.2. The van der Waals surface area contributed by atoms with Gasteiger partial charge in [0.05, 0.1) is 17.5 Å². The van der Waals surface area contributed by atoms with Gasteiger partial charge in [0.2, 0.25) is 5.91 Å². The molecule has 2 aromatic carbocycles. The van der Waals surface area contributed by atoms with Crippen molar-refractivity contribution >= 4 is 11.9 Å². The zero-order valence-electron chi connectivity index (χ0n) is 18.1. The van der Waals surface area contributed by atoms with E-state index in [1.54, 1.807) is 12.1 Å². The number of benzene rings is 2. The number of aliphatic carboxylic acids is 1. The van der Waals surface area contributed by atoms with Gasteiger partial charge in [0.15, 0.2) is 0 Å². The molecule has 0 fully saturated rings. The molecule has 10 heteroatoms. The summed E-state index contributed by atoms with van der Waals surface area (Å²) >= 11 is 0. The monoisotopic (exact) mass is 475 g/mol. The first-order chi connectivity index (χ1) is 15.0. The summed E-state index contributed by atoms with van der Waals surface area (Å²) in [6.45, 7) is 6.00. The highest BCUT2D eigenvalue weighted by Gasteiger charge is 2.37. The van der Waals surface area contributed by atoms with Crippen LogP contribution in [-0.4, -0.2) is 23.0 Å². The predicted molar refractivity (Wildman–Crippen MR) is 109 cm³/mol. The van der Waals surface area contributed by atoms with Crippen LogP contribution < -0.4 is 5.32 Å². The molecule has 0 heterocycles. The van der Waals surface area contributed by atoms with Crippen LogP contribution in [0.2, 0.25) is 0 Å². The maximum absolute atomic E-state index is 13.0. The molecule has 33 heavy (non-hydrogen) atoms. The van der Waals surface area contributed by atoms with E-state index < -0.39 is 53.4 Å². The molecular weight excluding hydrogens is 452 g/mol. The lowest BCUT2D eigenvalue weighted by atomic mass is 9.86. The number of carboxylic acids is 1. The molecule has 0 radical (unpaired) electrons. The fourth-order valence-electron chi connectivity index (χ4n) is 3.13. The zero-order valence-corrected chi connectivity index (χ0v) is 18.1. The van der Waals surface area contributed by atoms with Crippen molar-refractivity contribution in [2.24, 2.45) is 0 Å². The van der Waals surface area contributed by atoms with Gasteiger partial charge in [-0.3, -0.25) is 4.79 Å². The third-order valence-electron chi connectivity index (χ3n) is 4.91. The SMILES string of the molecule is CC(C)(C)c1ccc(C[C@H](NC(=O)Cc2cc(C(F)(F)F)cc(C(F)(F)F)c2)C(=O)O)cc1. The molecule has 2 rings (SSSR count). The van der Waals surface area contributed by atoms with E-state index in [1.807, 2.05) is 32.9 Å². The summed E-state index contributed by atoms with van der Waals surface area (Å²) < 4.78 is 77.9. The van der Waals surface area contributed by atoms with Gasteiger partial charge in [-0.25, -0.2) is 4.79 Å². The van der Waals surface area contributed by atoms with E-state index in [4.69, 9.17) is 0 Å². The Kier molecular flexibility index (Phi) is 7.50. The Morgan fingerprint density at radius 1 is 0.818 bits per heavy atom. The maximum atomic E-state index is 13.0. The summed E-state index contributed by atoms with van der Waals surface area (Å²) in [7, 11) is 0. The van der Waals surface area contributed by atoms with Crippen molar-refractivity contribution in [1.29, 1.82) is 0 Å². The number of hydrogen-bond donors (Lipinski definition) is 2. The molecule has 0 saturated carbocycles. The average molecular weight is 475 g/mol. The standard InChI is InChI=1S/C23H23F6NO3/c1-21(2,3)15-6-4-13(5-7-15)10-18(20(32)33)30-19(31)11-14-8-16(22(24,25)26)12-17(9-14)23(27,28)29/h4-9,12,18H,10-11H2,1-3H3,(H,30,31)(H,32,33)/t18-/m0/s1. The minimum absolute atomic E-state index is 0.0390. The van der Waals surface area contributed by atoms with E-state index >= 15 is 0 Å². The van der Waals surface area contributed by atoms with Crippen molar-refractivity contribution < 1.29 is 41.0 Å². The van der Waals surface area contributed by atoms with Crippen LogP contribution in [-0.2, 0) is 40.2 Å². The van der Waals surface area contributed by atoms with Gasteiger partial charge in [0.1, 0.15) is 6.04 Å². The number of hydrogen-bond acceptors (Lipinski definition) is 2. The molecule has 0 aliphatic heterocycles. The van der Waals surface area contributed by atoms with Gasteiger partial charge in [-0.05, 0) is 40.3 Å².